The maximum atomic E-state index is 12.6. The number of benzene rings is 1. The van der Waals surface area contributed by atoms with Crippen LogP contribution in [0.2, 0.25) is 0 Å². The molecule has 0 spiro atoms. The molecular weight excluding hydrogens is 418 g/mol. The Hall–Kier alpha value is -2.39. The van der Waals surface area contributed by atoms with Crippen LogP contribution in [0.3, 0.4) is 0 Å². The molecule has 0 aliphatic heterocycles. The molecular formula is C21H25N5O2S2. The van der Waals surface area contributed by atoms with E-state index in [0.29, 0.717) is 5.75 Å². The summed E-state index contributed by atoms with van der Waals surface area (Å²) in [6.07, 6.45) is 3.67. The monoisotopic (exact) mass is 443 g/mol. The predicted octanol–water partition coefficient (Wildman–Crippen LogP) is 3.96. The number of nitrogens with zero attached hydrogens (tertiary/aromatic N) is 4. The predicted molar refractivity (Wildman–Crippen MR) is 118 cm³/mol. The number of carbonyl (C=O) groups excluding carboxylic acids is 1. The van der Waals surface area contributed by atoms with Gasteiger partial charge in [-0.05, 0) is 49.4 Å². The van der Waals surface area contributed by atoms with Crippen LogP contribution >= 0.6 is 23.1 Å². The standard InChI is InChI=1S/C21H25N5O2S2/c1-13-24-25-20(30-13)29-12-19(27)23-17-9-21(2,3)10-18-16(17)11-22-26(18)14-5-7-15(28-4)8-6-14/h5-8,11,17H,9-10,12H2,1-4H3,(H,23,27). The average molecular weight is 444 g/mol. The summed E-state index contributed by atoms with van der Waals surface area (Å²) in [5.41, 5.74) is 3.28. The van der Waals surface area contributed by atoms with Crippen LogP contribution in [0.25, 0.3) is 5.69 Å². The number of aryl methyl sites for hydroxylation is 1. The zero-order valence-corrected chi connectivity index (χ0v) is 19.1. The Morgan fingerprint density at radius 3 is 2.77 bits per heavy atom. The van der Waals surface area contributed by atoms with Gasteiger partial charge in [-0.3, -0.25) is 4.79 Å². The number of thioether (sulfide) groups is 1. The fraction of sp³-hybridized carbons (Fsp3) is 0.429. The van der Waals surface area contributed by atoms with Crippen LogP contribution in [0, 0.1) is 12.3 Å². The van der Waals surface area contributed by atoms with Crippen LogP contribution in [-0.4, -0.2) is 38.7 Å². The fourth-order valence-corrected chi connectivity index (χ4v) is 5.44. The van der Waals surface area contributed by atoms with Gasteiger partial charge in [0.25, 0.3) is 0 Å². The zero-order valence-electron chi connectivity index (χ0n) is 17.5. The molecule has 1 aliphatic carbocycles. The number of hydrogen-bond donors (Lipinski definition) is 1. The first-order chi connectivity index (χ1) is 14.3. The van der Waals surface area contributed by atoms with Crippen LogP contribution < -0.4 is 10.1 Å². The molecule has 2 heterocycles. The van der Waals surface area contributed by atoms with Crippen molar-refractivity contribution >= 4 is 29.0 Å². The molecule has 0 fully saturated rings. The van der Waals surface area contributed by atoms with Gasteiger partial charge in [-0.2, -0.15) is 5.10 Å². The van der Waals surface area contributed by atoms with Gasteiger partial charge < -0.3 is 10.1 Å². The summed E-state index contributed by atoms with van der Waals surface area (Å²) in [5.74, 6) is 1.14. The van der Waals surface area contributed by atoms with Gasteiger partial charge >= 0.3 is 0 Å². The Kier molecular flexibility index (Phi) is 5.84. The van der Waals surface area contributed by atoms with Crippen LogP contribution in [0.5, 0.6) is 5.75 Å². The van der Waals surface area contributed by atoms with E-state index in [1.165, 1.54) is 23.1 Å². The molecule has 9 heteroatoms. The molecule has 2 aromatic heterocycles. The summed E-state index contributed by atoms with van der Waals surface area (Å²) in [4.78, 5) is 12.6. The summed E-state index contributed by atoms with van der Waals surface area (Å²) in [6, 6.07) is 7.82. The second kappa shape index (κ2) is 8.39. The third-order valence-corrected chi connectivity index (χ3v) is 7.14. The van der Waals surface area contributed by atoms with Crippen LogP contribution in [0.15, 0.2) is 34.8 Å². The molecule has 4 rings (SSSR count). The summed E-state index contributed by atoms with van der Waals surface area (Å²) >= 11 is 2.93. The minimum absolute atomic E-state index is 0.00120. The van der Waals surface area contributed by atoms with Crippen molar-refractivity contribution < 1.29 is 9.53 Å². The second-order valence-corrected chi connectivity index (χ2v) is 10.6. The van der Waals surface area contributed by atoms with Gasteiger partial charge in [0.15, 0.2) is 4.34 Å². The van der Waals surface area contributed by atoms with Crippen molar-refractivity contribution in [1.29, 1.82) is 0 Å². The summed E-state index contributed by atoms with van der Waals surface area (Å²) < 4.78 is 8.06. The van der Waals surface area contributed by atoms with Crippen molar-refractivity contribution in [3.63, 3.8) is 0 Å². The van der Waals surface area contributed by atoms with Gasteiger partial charge in [-0.25, -0.2) is 4.68 Å². The summed E-state index contributed by atoms with van der Waals surface area (Å²) in [7, 11) is 1.66. The van der Waals surface area contributed by atoms with Gasteiger partial charge in [0, 0.05) is 5.56 Å². The topological polar surface area (TPSA) is 81.9 Å². The summed E-state index contributed by atoms with van der Waals surface area (Å²) in [5, 5.41) is 16.8. The second-order valence-electron chi connectivity index (χ2n) is 8.20. The number of ether oxygens (including phenoxy) is 1. The van der Waals surface area contributed by atoms with E-state index >= 15 is 0 Å². The molecule has 1 unspecified atom stereocenters. The van der Waals surface area contributed by atoms with E-state index in [-0.39, 0.29) is 17.4 Å². The van der Waals surface area contributed by atoms with E-state index in [1.54, 1.807) is 7.11 Å². The molecule has 1 aliphatic rings. The largest absolute Gasteiger partial charge is 0.497 e. The Labute approximate surface area is 184 Å². The van der Waals surface area contributed by atoms with Gasteiger partial charge in [0.2, 0.25) is 5.91 Å². The number of hydrogen-bond acceptors (Lipinski definition) is 7. The molecule has 1 aromatic carbocycles. The number of carbonyl (C=O) groups is 1. The Morgan fingerprint density at radius 1 is 1.33 bits per heavy atom. The van der Waals surface area contributed by atoms with Gasteiger partial charge in [-0.1, -0.05) is 36.9 Å². The molecule has 0 saturated carbocycles. The maximum absolute atomic E-state index is 12.6. The van der Waals surface area contributed by atoms with Gasteiger partial charge in [0.05, 0.1) is 36.5 Å². The molecule has 0 bridgehead atoms. The third-order valence-electron chi connectivity index (χ3n) is 5.17. The molecule has 1 N–H and O–H groups in total. The van der Waals surface area contributed by atoms with Crippen molar-refractivity contribution in [2.45, 2.75) is 44.0 Å². The molecule has 30 heavy (non-hydrogen) atoms. The van der Waals surface area contributed by atoms with E-state index in [0.717, 1.165) is 44.9 Å². The van der Waals surface area contributed by atoms with Crippen LogP contribution in [0.4, 0.5) is 0 Å². The first kappa shape index (κ1) is 20.9. The van der Waals surface area contributed by atoms with E-state index in [1.807, 2.05) is 42.1 Å². The molecule has 0 saturated heterocycles. The van der Waals surface area contributed by atoms with E-state index in [9.17, 15) is 4.79 Å². The van der Waals surface area contributed by atoms with Crippen molar-refractivity contribution in [1.82, 2.24) is 25.3 Å². The van der Waals surface area contributed by atoms with Gasteiger partial charge in [-0.15, -0.1) is 10.2 Å². The zero-order chi connectivity index (χ0) is 21.3. The lowest BCUT2D eigenvalue weighted by Gasteiger charge is -2.36. The number of fused-ring (bicyclic) bond motifs is 1. The van der Waals surface area contributed by atoms with E-state index < -0.39 is 0 Å². The third kappa shape index (κ3) is 4.52. The molecule has 1 atom stereocenters. The van der Waals surface area contributed by atoms with E-state index in [4.69, 9.17) is 4.74 Å². The number of aromatic nitrogens is 4. The smallest absolute Gasteiger partial charge is 0.230 e. The minimum atomic E-state index is -0.0556. The highest BCUT2D eigenvalue weighted by atomic mass is 32.2. The first-order valence-electron chi connectivity index (χ1n) is 9.78. The molecule has 158 valence electrons. The SMILES string of the molecule is COc1ccc(-n2ncc3c2CC(C)(C)CC3NC(=O)CSc2nnc(C)s2)cc1. The number of methoxy groups -OCH3 is 1. The molecule has 0 radical (unpaired) electrons. The van der Waals surface area contributed by atoms with Crippen LogP contribution in [-0.2, 0) is 11.2 Å². The Morgan fingerprint density at radius 2 is 2.10 bits per heavy atom. The lowest BCUT2D eigenvalue weighted by atomic mass is 9.74. The van der Waals surface area contributed by atoms with Crippen molar-refractivity contribution in [2.75, 3.05) is 12.9 Å². The van der Waals surface area contributed by atoms with Crippen molar-refractivity contribution in [3.8, 4) is 11.4 Å². The lowest BCUT2D eigenvalue weighted by Crippen LogP contribution is -2.37. The Bertz CT molecular complexity index is 1040. The quantitative estimate of drug-likeness (QED) is 0.581. The highest BCUT2D eigenvalue weighted by Crippen LogP contribution is 2.41. The number of nitrogens with one attached hydrogen (secondary N) is 1. The van der Waals surface area contributed by atoms with Gasteiger partial charge in [0.1, 0.15) is 10.8 Å². The number of amides is 1. The molecule has 1 amide bonds. The molecule has 3 aromatic rings. The van der Waals surface area contributed by atoms with E-state index in [2.05, 4.69) is 34.5 Å². The normalized spacial score (nSPS) is 17.4. The van der Waals surface area contributed by atoms with Crippen molar-refractivity contribution in [2.24, 2.45) is 5.41 Å². The minimum Gasteiger partial charge on any atom is -0.497 e. The summed E-state index contributed by atoms with van der Waals surface area (Å²) in [6.45, 7) is 6.38. The highest BCUT2D eigenvalue weighted by molar-refractivity contribution is 8.01. The number of rotatable bonds is 6. The molecule has 7 nitrogen and oxygen atoms in total. The Balaban J connectivity index is 1.52. The van der Waals surface area contributed by atoms with Crippen LogP contribution in [0.1, 0.15) is 42.6 Å². The average Bonchev–Trinajstić information content (AvgIpc) is 3.31. The lowest BCUT2D eigenvalue weighted by molar-refractivity contribution is -0.119. The maximum Gasteiger partial charge on any atom is 0.230 e. The highest BCUT2D eigenvalue weighted by Gasteiger charge is 2.36. The first-order valence-corrected chi connectivity index (χ1v) is 11.6. The van der Waals surface area contributed by atoms with Crippen molar-refractivity contribution in [3.05, 3.63) is 46.7 Å². The fourth-order valence-electron chi connectivity index (χ4n) is 3.82.